The number of rotatable bonds is 5. The zero-order valence-corrected chi connectivity index (χ0v) is 16.6. The van der Waals surface area contributed by atoms with Crippen molar-refractivity contribution >= 4 is 33.0 Å². The standard InChI is InChI=1S/C22H25N3OS/c1-25(2)18-7-3-15(4-8-18)12-24-22(26)20-14-23-13-19(20)17-6-5-16-9-10-27-21(16)11-17/h3-11,19-20,23H,12-14H2,1-2H3,(H,24,26)/t19-,20+/m1/s1. The van der Waals surface area contributed by atoms with Gasteiger partial charge in [0.2, 0.25) is 5.91 Å². The highest BCUT2D eigenvalue weighted by Crippen LogP contribution is 2.32. The molecule has 1 aromatic heterocycles. The van der Waals surface area contributed by atoms with Crippen molar-refractivity contribution in [1.82, 2.24) is 10.6 Å². The quantitative estimate of drug-likeness (QED) is 0.712. The number of nitrogens with one attached hydrogen (secondary N) is 2. The molecule has 0 radical (unpaired) electrons. The largest absolute Gasteiger partial charge is 0.378 e. The first-order chi connectivity index (χ1) is 13.1. The Hall–Kier alpha value is -2.37. The Labute approximate surface area is 164 Å². The van der Waals surface area contributed by atoms with Crippen LogP contribution < -0.4 is 15.5 Å². The van der Waals surface area contributed by atoms with Crippen LogP contribution in [0.15, 0.2) is 53.9 Å². The molecule has 27 heavy (non-hydrogen) atoms. The molecule has 0 aliphatic carbocycles. The lowest BCUT2D eigenvalue weighted by Gasteiger charge is -2.19. The van der Waals surface area contributed by atoms with Gasteiger partial charge in [-0.2, -0.15) is 0 Å². The summed E-state index contributed by atoms with van der Waals surface area (Å²) in [6.07, 6.45) is 0. The van der Waals surface area contributed by atoms with Crippen molar-refractivity contribution in [3.63, 3.8) is 0 Å². The molecule has 5 heteroatoms. The van der Waals surface area contributed by atoms with E-state index in [-0.39, 0.29) is 17.7 Å². The van der Waals surface area contributed by atoms with Crippen molar-refractivity contribution in [3.05, 3.63) is 65.0 Å². The lowest BCUT2D eigenvalue weighted by atomic mass is 9.88. The number of carbonyl (C=O) groups is 1. The number of benzene rings is 2. The smallest absolute Gasteiger partial charge is 0.225 e. The number of hydrogen-bond donors (Lipinski definition) is 2. The SMILES string of the molecule is CN(C)c1ccc(CNC(=O)[C@H]2CNC[C@@H]2c2ccc3ccsc3c2)cc1. The second kappa shape index (κ2) is 7.71. The highest BCUT2D eigenvalue weighted by Gasteiger charge is 2.33. The Kier molecular flexibility index (Phi) is 5.14. The molecule has 0 spiro atoms. The van der Waals surface area contributed by atoms with E-state index in [0.717, 1.165) is 24.3 Å². The molecule has 1 fully saturated rings. The summed E-state index contributed by atoms with van der Waals surface area (Å²) in [4.78, 5) is 14.9. The van der Waals surface area contributed by atoms with Gasteiger partial charge in [-0.25, -0.2) is 0 Å². The van der Waals surface area contributed by atoms with E-state index in [9.17, 15) is 4.79 Å². The van der Waals surface area contributed by atoms with Crippen LogP contribution in [-0.2, 0) is 11.3 Å². The number of fused-ring (bicyclic) bond motifs is 1. The Morgan fingerprint density at radius 1 is 1.15 bits per heavy atom. The van der Waals surface area contributed by atoms with E-state index in [2.05, 4.69) is 69.4 Å². The molecule has 1 saturated heterocycles. The molecule has 140 valence electrons. The van der Waals surface area contributed by atoms with E-state index in [1.54, 1.807) is 11.3 Å². The van der Waals surface area contributed by atoms with Crippen LogP contribution in [0.25, 0.3) is 10.1 Å². The molecule has 4 rings (SSSR count). The van der Waals surface area contributed by atoms with Crippen LogP contribution in [0.5, 0.6) is 0 Å². The van der Waals surface area contributed by atoms with Crippen molar-refractivity contribution in [1.29, 1.82) is 0 Å². The Balaban J connectivity index is 1.42. The van der Waals surface area contributed by atoms with Crippen LogP contribution in [0.1, 0.15) is 17.0 Å². The molecule has 3 aromatic rings. The maximum absolute atomic E-state index is 12.8. The van der Waals surface area contributed by atoms with Crippen molar-refractivity contribution in [2.45, 2.75) is 12.5 Å². The van der Waals surface area contributed by atoms with Gasteiger partial charge in [0, 0.05) is 50.0 Å². The van der Waals surface area contributed by atoms with E-state index in [4.69, 9.17) is 0 Å². The summed E-state index contributed by atoms with van der Waals surface area (Å²) in [7, 11) is 4.05. The summed E-state index contributed by atoms with van der Waals surface area (Å²) < 4.78 is 1.29. The summed E-state index contributed by atoms with van der Waals surface area (Å²) in [6, 6.07) is 17.0. The van der Waals surface area contributed by atoms with E-state index >= 15 is 0 Å². The van der Waals surface area contributed by atoms with Crippen LogP contribution in [-0.4, -0.2) is 33.1 Å². The molecule has 1 aliphatic rings. The normalized spacial score (nSPS) is 19.3. The molecular formula is C22H25N3OS. The van der Waals surface area contributed by atoms with Crippen LogP contribution in [0.2, 0.25) is 0 Å². The summed E-state index contributed by atoms with van der Waals surface area (Å²) in [6.45, 7) is 2.16. The van der Waals surface area contributed by atoms with Gasteiger partial charge in [-0.05, 0) is 46.2 Å². The lowest BCUT2D eigenvalue weighted by Crippen LogP contribution is -2.34. The molecule has 1 aliphatic heterocycles. The first-order valence-corrected chi connectivity index (χ1v) is 10.2. The number of nitrogens with zero attached hydrogens (tertiary/aromatic N) is 1. The third kappa shape index (κ3) is 3.84. The zero-order chi connectivity index (χ0) is 18.8. The Morgan fingerprint density at radius 3 is 2.74 bits per heavy atom. The van der Waals surface area contributed by atoms with Gasteiger partial charge in [0.15, 0.2) is 0 Å². The van der Waals surface area contributed by atoms with Crippen molar-refractivity contribution < 1.29 is 4.79 Å². The minimum Gasteiger partial charge on any atom is -0.378 e. The van der Waals surface area contributed by atoms with Gasteiger partial charge in [0.25, 0.3) is 0 Å². The van der Waals surface area contributed by atoms with Crippen molar-refractivity contribution in [3.8, 4) is 0 Å². The average Bonchev–Trinajstić information content (AvgIpc) is 3.34. The summed E-state index contributed by atoms with van der Waals surface area (Å²) >= 11 is 1.76. The fourth-order valence-corrected chi connectivity index (χ4v) is 4.58. The van der Waals surface area contributed by atoms with Gasteiger partial charge in [0.1, 0.15) is 0 Å². The minimum absolute atomic E-state index is 0.0246. The molecule has 2 atom stereocenters. The fraction of sp³-hybridized carbons (Fsp3) is 0.318. The Bertz CT molecular complexity index is 932. The predicted octanol–water partition coefficient (Wildman–Crippen LogP) is 3.59. The molecular weight excluding hydrogens is 354 g/mol. The van der Waals surface area contributed by atoms with Gasteiger partial charge in [-0.15, -0.1) is 11.3 Å². The van der Waals surface area contributed by atoms with Crippen molar-refractivity contribution in [2.24, 2.45) is 5.92 Å². The molecule has 4 nitrogen and oxygen atoms in total. The molecule has 0 saturated carbocycles. The van der Waals surface area contributed by atoms with E-state index < -0.39 is 0 Å². The number of amides is 1. The average molecular weight is 380 g/mol. The number of hydrogen-bond acceptors (Lipinski definition) is 4. The second-order valence-electron chi connectivity index (χ2n) is 7.37. The van der Waals surface area contributed by atoms with Gasteiger partial charge < -0.3 is 15.5 Å². The monoisotopic (exact) mass is 379 g/mol. The van der Waals surface area contributed by atoms with Crippen molar-refractivity contribution in [2.75, 3.05) is 32.1 Å². The maximum atomic E-state index is 12.8. The van der Waals surface area contributed by atoms with Gasteiger partial charge in [0.05, 0.1) is 5.92 Å². The fourth-order valence-electron chi connectivity index (χ4n) is 3.74. The summed E-state index contributed by atoms with van der Waals surface area (Å²) in [5.41, 5.74) is 3.54. The summed E-state index contributed by atoms with van der Waals surface area (Å²) in [5.74, 6) is 0.337. The molecule has 0 bridgehead atoms. The van der Waals surface area contributed by atoms with Gasteiger partial charge in [-0.3, -0.25) is 4.79 Å². The first kappa shape index (κ1) is 18.0. The third-order valence-corrected chi connectivity index (χ3v) is 6.26. The number of anilines is 1. The minimum atomic E-state index is -0.0246. The lowest BCUT2D eigenvalue weighted by molar-refractivity contribution is -0.125. The van der Waals surface area contributed by atoms with Gasteiger partial charge >= 0.3 is 0 Å². The molecule has 0 unspecified atom stereocenters. The maximum Gasteiger partial charge on any atom is 0.225 e. The number of thiophene rings is 1. The summed E-state index contributed by atoms with van der Waals surface area (Å²) in [5, 5.41) is 9.92. The molecule has 1 amide bonds. The molecule has 2 N–H and O–H groups in total. The van der Waals surface area contributed by atoms with Gasteiger partial charge in [-0.1, -0.05) is 24.3 Å². The topological polar surface area (TPSA) is 44.4 Å². The van der Waals surface area contributed by atoms with Crippen LogP contribution in [0.3, 0.4) is 0 Å². The molecule has 2 aromatic carbocycles. The molecule has 2 heterocycles. The second-order valence-corrected chi connectivity index (χ2v) is 8.32. The number of carbonyl (C=O) groups excluding carboxylic acids is 1. The van der Waals surface area contributed by atoms with Crippen LogP contribution in [0.4, 0.5) is 5.69 Å². The van der Waals surface area contributed by atoms with Crippen LogP contribution >= 0.6 is 11.3 Å². The first-order valence-electron chi connectivity index (χ1n) is 9.33. The van der Waals surface area contributed by atoms with E-state index in [0.29, 0.717) is 6.54 Å². The third-order valence-electron chi connectivity index (χ3n) is 5.38. The highest BCUT2D eigenvalue weighted by atomic mass is 32.1. The zero-order valence-electron chi connectivity index (χ0n) is 15.7. The van der Waals surface area contributed by atoms with Crippen LogP contribution in [0, 0.1) is 5.92 Å². The highest BCUT2D eigenvalue weighted by molar-refractivity contribution is 7.17. The Morgan fingerprint density at radius 2 is 1.96 bits per heavy atom. The predicted molar refractivity (Wildman–Crippen MR) is 114 cm³/mol. The van der Waals surface area contributed by atoms with E-state index in [1.807, 2.05) is 14.1 Å². The van der Waals surface area contributed by atoms with E-state index in [1.165, 1.54) is 15.6 Å².